The number of ether oxygens (including phenoxy) is 2. The number of carbonyl (C=O) groups is 3. The predicted molar refractivity (Wildman–Crippen MR) is 130 cm³/mol. The Balaban J connectivity index is 1.32. The van der Waals surface area contributed by atoms with Crippen molar-refractivity contribution in [2.45, 2.75) is 6.42 Å². The maximum Gasteiger partial charge on any atom is 0.339 e. The molecule has 1 atom stereocenters. The number of thiazole rings is 1. The lowest BCUT2D eigenvalue weighted by atomic mass is 10.1. The van der Waals surface area contributed by atoms with E-state index in [-0.39, 0.29) is 36.3 Å². The lowest BCUT2D eigenvalue weighted by molar-refractivity contribution is -0.122. The van der Waals surface area contributed by atoms with Gasteiger partial charge in [-0.25, -0.2) is 9.31 Å². The molecule has 1 unspecified atom stereocenters. The zero-order valence-electron chi connectivity index (χ0n) is 18.9. The first-order valence-electron chi connectivity index (χ1n) is 10.8. The van der Waals surface area contributed by atoms with Crippen LogP contribution >= 0.6 is 11.3 Å². The van der Waals surface area contributed by atoms with Crippen LogP contribution in [0.25, 0.3) is 16.2 Å². The van der Waals surface area contributed by atoms with Crippen molar-refractivity contribution in [1.29, 1.82) is 0 Å². The quantitative estimate of drug-likeness (QED) is 0.412. The van der Waals surface area contributed by atoms with Crippen molar-refractivity contribution < 1.29 is 23.9 Å². The van der Waals surface area contributed by atoms with Crippen molar-refractivity contribution in [2.24, 2.45) is 5.92 Å². The molecule has 0 spiro atoms. The van der Waals surface area contributed by atoms with Gasteiger partial charge in [-0.05, 0) is 36.4 Å². The molecule has 3 heterocycles. The largest absolute Gasteiger partial charge is 0.497 e. The fraction of sp³-hybridized carbons (Fsp3) is 0.208. The molecule has 2 aromatic heterocycles. The summed E-state index contributed by atoms with van der Waals surface area (Å²) in [6.07, 6.45) is 0.0145. The number of hydrogen-bond donors (Lipinski definition) is 1. The fourth-order valence-corrected chi connectivity index (χ4v) is 4.85. The predicted octanol–water partition coefficient (Wildman–Crippen LogP) is 3.24. The summed E-state index contributed by atoms with van der Waals surface area (Å²) in [6, 6.07) is 14.2. The highest BCUT2D eigenvalue weighted by molar-refractivity contribution is 7.15. The minimum atomic E-state index is -0.615. The number of anilines is 2. The number of esters is 1. The van der Waals surface area contributed by atoms with Crippen LogP contribution in [-0.2, 0) is 14.3 Å². The highest BCUT2D eigenvalue weighted by Gasteiger charge is 2.37. The van der Waals surface area contributed by atoms with Crippen LogP contribution in [-0.4, -0.2) is 53.1 Å². The van der Waals surface area contributed by atoms with Crippen molar-refractivity contribution in [3.8, 4) is 17.0 Å². The van der Waals surface area contributed by atoms with E-state index in [4.69, 9.17) is 9.47 Å². The molecule has 0 bridgehead atoms. The van der Waals surface area contributed by atoms with Gasteiger partial charge in [0, 0.05) is 23.9 Å². The number of nitrogens with one attached hydrogen (secondary N) is 1. The average molecular weight is 492 g/mol. The van der Waals surface area contributed by atoms with Gasteiger partial charge in [0.05, 0.1) is 37.1 Å². The summed E-state index contributed by atoms with van der Waals surface area (Å²) in [4.78, 5) is 44.2. The number of rotatable bonds is 6. The molecule has 0 aliphatic carbocycles. The Kier molecular flexibility index (Phi) is 5.91. The lowest BCUT2D eigenvalue weighted by Gasteiger charge is -2.19. The second-order valence-corrected chi connectivity index (χ2v) is 8.72. The summed E-state index contributed by atoms with van der Waals surface area (Å²) in [5.41, 5.74) is 2.46. The van der Waals surface area contributed by atoms with E-state index in [0.29, 0.717) is 10.6 Å². The molecule has 1 N–H and O–H groups in total. The van der Waals surface area contributed by atoms with E-state index in [1.54, 1.807) is 35.9 Å². The second kappa shape index (κ2) is 9.18. The van der Waals surface area contributed by atoms with Gasteiger partial charge in [0.1, 0.15) is 5.75 Å². The summed E-state index contributed by atoms with van der Waals surface area (Å²) in [5.74, 6) is -0.853. The van der Waals surface area contributed by atoms with Gasteiger partial charge in [-0.15, -0.1) is 16.4 Å². The van der Waals surface area contributed by atoms with Crippen LogP contribution in [0.15, 0.2) is 53.9 Å². The normalized spacial score (nSPS) is 15.4. The molecule has 5 rings (SSSR count). The number of methoxy groups -OCH3 is 2. The summed E-state index contributed by atoms with van der Waals surface area (Å²) >= 11 is 1.40. The molecule has 4 aromatic rings. The smallest absolute Gasteiger partial charge is 0.339 e. The standard InChI is InChI=1S/C24H21N5O5S/c1-33-16-9-7-14(8-10-16)19-13-35-24-26-23(27-29(19)24)25-21(31)15-11-20(30)28(12-15)18-6-4-3-5-17(18)22(32)34-2/h3-10,13,15H,11-12H2,1-2H3,(H,25,27,31). The second-order valence-electron chi connectivity index (χ2n) is 7.88. The van der Waals surface area contributed by atoms with Gasteiger partial charge in [-0.2, -0.15) is 4.98 Å². The van der Waals surface area contributed by atoms with E-state index in [1.165, 1.54) is 23.3 Å². The van der Waals surface area contributed by atoms with Crippen LogP contribution in [0, 0.1) is 5.92 Å². The number of hydrogen-bond acceptors (Lipinski definition) is 8. The van der Waals surface area contributed by atoms with Crippen molar-refractivity contribution in [1.82, 2.24) is 14.6 Å². The van der Waals surface area contributed by atoms with Crippen LogP contribution < -0.4 is 15.0 Å². The maximum absolute atomic E-state index is 13.0. The SMILES string of the molecule is COC(=O)c1ccccc1N1CC(C(=O)Nc2nc3scc(-c4ccc(OC)cc4)n3n2)CC1=O. The molecule has 2 aromatic carbocycles. The number of benzene rings is 2. The van der Waals surface area contributed by atoms with Gasteiger partial charge < -0.3 is 14.4 Å². The monoisotopic (exact) mass is 491 g/mol. The van der Waals surface area contributed by atoms with E-state index in [1.807, 2.05) is 29.6 Å². The van der Waals surface area contributed by atoms with Crippen LogP contribution in [0.3, 0.4) is 0 Å². The summed E-state index contributed by atoms with van der Waals surface area (Å²) < 4.78 is 11.7. The molecule has 0 radical (unpaired) electrons. The Bertz CT molecular complexity index is 1430. The Labute approximate surface area is 204 Å². The minimum absolute atomic E-state index is 0.0145. The van der Waals surface area contributed by atoms with Gasteiger partial charge in [-0.1, -0.05) is 12.1 Å². The van der Waals surface area contributed by atoms with Crippen LogP contribution in [0.2, 0.25) is 0 Å². The Morgan fingerprint density at radius 3 is 2.63 bits per heavy atom. The molecule has 35 heavy (non-hydrogen) atoms. The van der Waals surface area contributed by atoms with E-state index in [2.05, 4.69) is 15.4 Å². The molecule has 11 heteroatoms. The zero-order valence-corrected chi connectivity index (χ0v) is 19.7. The topological polar surface area (TPSA) is 115 Å². The number of carbonyl (C=O) groups excluding carboxylic acids is 3. The first-order chi connectivity index (χ1) is 17.0. The Morgan fingerprint density at radius 1 is 1.11 bits per heavy atom. The number of nitrogens with zero attached hydrogens (tertiary/aromatic N) is 4. The van der Waals surface area contributed by atoms with Gasteiger partial charge in [0.25, 0.3) is 0 Å². The molecular weight excluding hydrogens is 470 g/mol. The molecule has 1 aliphatic heterocycles. The first kappa shape index (κ1) is 22.5. The number of fused-ring (bicyclic) bond motifs is 1. The Morgan fingerprint density at radius 2 is 1.89 bits per heavy atom. The summed E-state index contributed by atoms with van der Waals surface area (Å²) in [7, 11) is 2.89. The average Bonchev–Trinajstić information content (AvgIpc) is 3.57. The Hall–Kier alpha value is -4.25. The van der Waals surface area contributed by atoms with Crippen molar-refractivity contribution in [3.63, 3.8) is 0 Å². The van der Waals surface area contributed by atoms with E-state index < -0.39 is 11.9 Å². The van der Waals surface area contributed by atoms with Crippen molar-refractivity contribution >= 4 is 45.7 Å². The molecule has 0 saturated carbocycles. The molecule has 2 amide bonds. The number of para-hydroxylation sites is 1. The lowest BCUT2D eigenvalue weighted by Crippen LogP contribution is -2.29. The fourth-order valence-electron chi connectivity index (χ4n) is 4.01. The van der Waals surface area contributed by atoms with Gasteiger partial charge in [0.2, 0.25) is 22.7 Å². The van der Waals surface area contributed by atoms with Crippen LogP contribution in [0.1, 0.15) is 16.8 Å². The maximum atomic E-state index is 13.0. The molecule has 1 saturated heterocycles. The van der Waals surface area contributed by atoms with Gasteiger partial charge in [-0.3, -0.25) is 14.9 Å². The van der Waals surface area contributed by atoms with E-state index in [9.17, 15) is 14.4 Å². The first-order valence-corrected chi connectivity index (χ1v) is 11.6. The van der Waals surface area contributed by atoms with E-state index >= 15 is 0 Å². The third-order valence-electron chi connectivity index (χ3n) is 5.80. The number of aromatic nitrogens is 3. The third kappa shape index (κ3) is 4.21. The van der Waals surface area contributed by atoms with Crippen molar-refractivity contribution in [2.75, 3.05) is 31.0 Å². The van der Waals surface area contributed by atoms with Crippen LogP contribution in [0.5, 0.6) is 5.75 Å². The molecule has 1 aliphatic rings. The molecule has 1 fully saturated rings. The van der Waals surface area contributed by atoms with Crippen LogP contribution in [0.4, 0.5) is 11.6 Å². The summed E-state index contributed by atoms with van der Waals surface area (Å²) in [6.45, 7) is 0.137. The molecular formula is C24H21N5O5S. The van der Waals surface area contributed by atoms with Gasteiger partial charge >= 0.3 is 5.97 Å². The summed E-state index contributed by atoms with van der Waals surface area (Å²) in [5, 5.41) is 9.11. The highest BCUT2D eigenvalue weighted by atomic mass is 32.1. The molecule has 10 nitrogen and oxygen atoms in total. The highest BCUT2D eigenvalue weighted by Crippen LogP contribution is 2.30. The van der Waals surface area contributed by atoms with Crippen molar-refractivity contribution in [3.05, 3.63) is 59.5 Å². The van der Waals surface area contributed by atoms with E-state index in [0.717, 1.165) is 17.0 Å². The zero-order chi connectivity index (χ0) is 24.5. The van der Waals surface area contributed by atoms with Gasteiger partial charge in [0.15, 0.2) is 0 Å². The third-order valence-corrected chi connectivity index (χ3v) is 6.61. The number of amides is 2. The minimum Gasteiger partial charge on any atom is -0.497 e. The molecule has 178 valence electrons.